The van der Waals surface area contributed by atoms with Crippen LogP contribution in [0, 0.1) is 5.92 Å². The third-order valence-electron chi connectivity index (χ3n) is 4.48. The molecule has 3 rings (SSSR count). The van der Waals surface area contributed by atoms with Gasteiger partial charge in [0, 0.05) is 11.6 Å². The molecule has 1 aliphatic heterocycles. The first-order valence-electron chi connectivity index (χ1n) is 7.36. The van der Waals surface area contributed by atoms with E-state index in [1.165, 1.54) is 11.3 Å². The molecule has 0 unspecified atom stereocenters. The molecule has 1 aromatic heterocycles. The van der Waals surface area contributed by atoms with Crippen LogP contribution in [0.15, 0.2) is 11.6 Å². The highest BCUT2D eigenvalue weighted by Gasteiger charge is 2.55. The Kier molecular flexibility index (Phi) is 3.86. The monoisotopic (exact) mass is 322 g/mol. The fourth-order valence-electron chi connectivity index (χ4n) is 3.23. The van der Waals surface area contributed by atoms with Gasteiger partial charge >= 0.3 is 6.03 Å². The fourth-order valence-corrected chi connectivity index (χ4v) is 3.77. The van der Waals surface area contributed by atoms with Crippen molar-refractivity contribution in [1.82, 2.24) is 15.2 Å². The summed E-state index contributed by atoms with van der Waals surface area (Å²) < 4.78 is 0. The molecule has 8 heteroatoms. The first-order valence-corrected chi connectivity index (χ1v) is 8.24. The minimum Gasteiger partial charge on any atom is -0.323 e. The van der Waals surface area contributed by atoms with Gasteiger partial charge in [0.15, 0.2) is 5.13 Å². The first-order chi connectivity index (χ1) is 10.5. The average molecular weight is 322 g/mol. The van der Waals surface area contributed by atoms with E-state index in [0.29, 0.717) is 11.6 Å². The topological polar surface area (TPSA) is 91.4 Å². The molecule has 118 valence electrons. The number of hydrogen-bond donors (Lipinski definition) is 2. The lowest BCUT2D eigenvalue weighted by Gasteiger charge is -2.36. The summed E-state index contributed by atoms with van der Waals surface area (Å²) in [6.07, 6.45) is 5.10. The number of carbonyl (C=O) groups excluding carboxylic acids is 3. The maximum Gasteiger partial charge on any atom is 0.325 e. The third-order valence-corrected chi connectivity index (χ3v) is 5.17. The predicted molar refractivity (Wildman–Crippen MR) is 81.4 cm³/mol. The SMILES string of the molecule is C[C@@H]1CCCC[C@]12NC(=O)N(CC(=O)Nc1nccs1)C2=O. The van der Waals surface area contributed by atoms with Gasteiger partial charge in [-0.3, -0.25) is 14.5 Å². The number of rotatable bonds is 3. The second-order valence-corrected chi connectivity index (χ2v) is 6.72. The molecule has 2 atom stereocenters. The van der Waals surface area contributed by atoms with Crippen molar-refractivity contribution in [2.75, 3.05) is 11.9 Å². The second kappa shape index (κ2) is 5.68. The Morgan fingerprint density at radius 2 is 2.36 bits per heavy atom. The van der Waals surface area contributed by atoms with Gasteiger partial charge in [-0.05, 0) is 18.8 Å². The van der Waals surface area contributed by atoms with Crippen molar-refractivity contribution in [3.63, 3.8) is 0 Å². The molecule has 0 bridgehead atoms. The second-order valence-electron chi connectivity index (χ2n) is 5.83. The Balaban J connectivity index is 1.70. The van der Waals surface area contributed by atoms with Crippen LogP contribution in [0.3, 0.4) is 0 Å². The fraction of sp³-hybridized carbons (Fsp3) is 0.571. The van der Waals surface area contributed by atoms with Gasteiger partial charge in [0.25, 0.3) is 5.91 Å². The summed E-state index contributed by atoms with van der Waals surface area (Å²) in [5, 5.41) is 7.61. The highest BCUT2D eigenvalue weighted by Crippen LogP contribution is 2.38. The summed E-state index contributed by atoms with van der Waals surface area (Å²) in [5.41, 5.74) is -0.823. The molecule has 0 aromatic carbocycles. The number of anilines is 1. The van der Waals surface area contributed by atoms with Gasteiger partial charge in [-0.1, -0.05) is 19.8 Å². The zero-order valence-corrected chi connectivity index (χ0v) is 13.1. The van der Waals surface area contributed by atoms with Crippen LogP contribution in [0.5, 0.6) is 0 Å². The van der Waals surface area contributed by atoms with Crippen molar-refractivity contribution >= 4 is 34.3 Å². The maximum absolute atomic E-state index is 12.7. The summed E-state index contributed by atoms with van der Waals surface area (Å²) in [5.74, 6) is -0.609. The van der Waals surface area contributed by atoms with Gasteiger partial charge in [0.2, 0.25) is 5.91 Å². The summed E-state index contributed by atoms with van der Waals surface area (Å²) in [6.45, 7) is 1.70. The molecule has 1 spiro atoms. The van der Waals surface area contributed by atoms with Crippen LogP contribution in [-0.4, -0.2) is 39.8 Å². The van der Waals surface area contributed by atoms with Crippen molar-refractivity contribution in [1.29, 1.82) is 0 Å². The average Bonchev–Trinajstić information content (AvgIpc) is 3.06. The standard InChI is InChI=1S/C14H18N4O3S/c1-9-4-2-3-5-14(9)11(20)18(13(21)17-14)8-10(19)16-12-15-6-7-22-12/h6-7,9H,2-5,8H2,1H3,(H,17,21)(H,15,16,19)/t9-,14+/m1/s1. The molecule has 2 heterocycles. The van der Waals surface area contributed by atoms with Crippen LogP contribution in [0.1, 0.15) is 32.6 Å². The molecule has 1 saturated heterocycles. The molecule has 2 fully saturated rings. The summed E-state index contributed by atoms with van der Waals surface area (Å²) in [6, 6.07) is -0.479. The van der Waals surface area contributed by atoms with Crippen molar-refractivity contribution < 1.29 is 14.4 Å². The van der Waals surface area contributed by atoms with Crippen molar-refractivity contribution in [3.8, 4) is 0 Å². The number of thiazole rings is 1. The smallest absolute Gasteiger partial charge is 0.323 e. The Morgan fingerprint density at radius 1 is 1.55 bits per heavy atom. The summed E-state index contributed by atoms with van der Waals surface area (Å²) >= 11 is 1.29. The zero-order chi connectivity index (χ0) is 15.7. The maximum atomic E-state index is 12.7. The Hall–Kier alpha value is -1.96. The number of aromatic nitrogens is 1. The number of nitrogens with one attached hydrogen (secondary N) is 2. The van der Waals surface area contributed by atoms with E-state index < -0.39 is 17.5 Å². The highest BCUT2D eigenvalue weighted by atomic mass is 32.1. The van der Waals surface area contributed by atoms with Crippen molar-refractivity contribution in [3.05, 3.63) is 11.6 Å². The molecule has 1 aromatic rings. The minimum atomic E-state index is -0.823. The normalized spacial score (nSPS) is 28.0. The quantitative estimate of drug-likeness (QED) is 0.827. The van der Waals surface area contributed by atoms with Crippen LogP contribution >= 0.6 is 11.3 Å². The third kappa shape index (κ3) is 2.47. The van der Waals surface area contributed by atoms with Crippen LogP contribution in [0.2, 0.25) is 0 Å². The van der Waals surface area contributed by atoms with Crippen LogP contribution in [-0.2, 0) is 9.59 Å². The van der Waals surface area contributed by atoms with Crippen LogP contribution in [0.4, 0.5) is 9.93 Å². The lowest BCUT2D eigenvalue weighted by Crippen LogP contribution is -2.54. The van der Waals surface area contributed by atoms with E-state index in [4.69, 9.17) is 0 Å². The number of hydrogen-bond acceptors (Lipinski definition) is 5. The van der Waals surface area contributed by atoms with E-state index in [2.05, 4.69) is 15.6 Å². The molecule has 7 nitrogen and oxygen atoms in total. The lowest BCUT2D eigenvalue weighted by atomic mass is 9.73. The Morgan fingerprint density at radius 3 is 3.05 bits per heavy atom. The summed E-state index contributed by atoms with van der Waals surface area (Å²) in [7, 11) is 0. The number of imide groups is 1. The van der Waals surface area contributed by atoms with Crippen LogP contribution in [0.25, 0.3) is 0 Å². The van der Waals surface area contributed by atoms with Crippen molar-refractivity contribution in [2.45, 2.75) is 38.1 Å². The molecule has 4 amide bonds. The molecular formula is C14H18N4O3S. The number of urea groups is 1. The van der Waals surface area contributed by atoms with Gasteiger partial charge in [-0.15, -0.1) is 11.3 Å². The Bertz CT molecular complexity index is 603. The van der Waals surface area contributed by atoms with E-state index in [0.717, 1.165) is 24.2 Å². The van der Waals surface area contributed by atoms with E-state index in [-0.39, 0.29) is 18.4 Å². The van der Waals surface area contributed by atoms with E-state index in [9.17, 15) is 14.4 Å². The number of nitrogens with zero attached hydrogens (tertiary/aromatic N) is 2. The molecule has 22 heavy (non-hydrogen) atoms. The van der Waals surface area contributed by atoms with E-state index >= 15 is 0 Å². The zero-order valence-electron chi connectivity index (χ0n) is 12.3. The number of amides is 4. The number of carbonyl (C=O) groups is 3. The molecule has 2 N–H and O–H groups in total. The largest absolute Gasteiger partial charge is 0.325 e. The highest BCUT2D eigenvalue weighted by molar-refractivity contribution is 7.13. The van der Waals surface area contributed by atoms with Gasteiger partial charge in [0.1, 0.15) is 12.1 Å². The Labute approximate surface area is 132 Å². The van der Waals surface area contributed by atoms with Gasteiger partial charge in [-0.25, -0.2) is 9.78 Å². The molecule has 1 saturated carbocycles. The van der Waals surface area contributed by atoms with Gasteiger partial charge in [-0.2, -0.15) is 0 Å². The first kappa shape index (κ1) is 15.0. The minimum absolute atomic E-state index is 0.0877. The van der Waals surface area contributed by atoms with Crippen LogP contribution < -0.4 is 10.6 Å². The predicted octanol–water partition coefficient (Wildman–Crippen LogP) is 1.58. The molecule has 2 aliphatic rings. The van der Waals surface area contributed by atoms with Gasteiger partial charge < -0.3 is 10.6 Å². The van der Waals surface area contributed by atoms with Crippen molar-refractivity contribution in [2.24, 2.45) is 5.92 Å². The van der Waals surface area contributed by atoms with Gasteiger partial charge in [0.05, 0.1) is 0 Å². The molecule has 1 aliphatic carbocycles. The van der Waals surface area contributed by atoms with E-state index in [1.54, 1.807) is 11.6 Å². The summed E-state index contributed by atoms with van der Waals surface area (Å²) in [4.78, 5) is 41.8. The molecule has 0 radical (unpaired) electrons. The lowest BCUT2D eigenvalue weighted by molar-refractivity contribution is -0.136. The molecular weight excluding hydrogens is 304 g/mol. The van der Waals surface area contributed by atoms with E-state index in [1.807, 2.05) is 6.92 Å².